The molecule has 3 rings (SSSR count). The quantitative estimate of drug-likeness (QED) is 0.681. The van der Waals surface area contributed by atoms with Crippen LogP contribution in [0.5, 0.6) is 0 Å². The van der Waals surface area contributed by atoms with Crippen LogP contribution in [0.25, 0.3) is 5.57 Å². The van der Waals surface area contributed by atoms with Gasteiger partial charge in [-0.25, -0.2) is 0 Å². The Morgan fingerprint density at radius 3 is 2.68 bits per heavy atom. The maximum absolute atomic E-state index is 4.57. The number of benzene rings is 1. The Kier molecular flexibility index (Phi) is 3.28. The minimum Gasteiger partial charge on any atom is -0.261 e. The average molecular weight is 247 g/mol. The molecule has 0 aromatic heterocycles. The van der Waals surface area contributed by atoms with Gasteiger partial charge in [-0.05, 0) is 54.2 Å². The van der Waals surface area contributed by atoms with Crippen molar-refractivity contribution in [1.82, 2.24) is 0 Å². The van der Waals surface area contributed by atoms with E-state index in [1.54, 1.807) is 0 Å². The third-order valence-electron chi connectivity index (χ3n) is 3.60. The molecule has 1 aliphatic heterocycles. The first kappa shape index (κ1) is 11.9. The number of hydrogen-bond donors (Lipinski definition) is 0. The zero-order valence-electron chi connectivity index (χ0n) is 11.1. The molecule has 0 N–H and O–H groups in total. The lowest BCUT2D eigenvalue weighted by molar-refractivity contribution is 1.08. The maximum atomic E-state index is 4.57. The molecule has 0 fully saturated rings. The summed E-state index contributed by atoms with van der Waals surface area (Å²) >= 11 is 0. The summed E-state index contributed by atoms with van der Waals surface area (Å²) in [6.07, 6.45) is 12.5. The fourth-order valence-corrected chi connectivity index (χ4v) is 2.55. The van der Waals surface area contributed by atoms with Gasteiger partial charge >= 0.3 is 0 Å². The number of aliphatic imine (C=N–C) groups is 1. The second-order valence-electron chi connectivity index (χ2n) is 4.91. The maximum Gasteiger partial charge on any atom is 0.0481 e. The first-order chi connectivity index (χ1) is 9.34. The van der Waals surface area contributed by atoms with Crippen LogP contribution in [0.15, 0.2) is 77.0 Å². The SMILES string of the molecule is CC1=C2C=C(c3ccccc3)CCC2=NC=CC=C1. The third kappa shape index (κ3) is 2.50. The second kappa shape index (κ2) is 5.23. The van der Waals surface area contributed by atoms with E-state index in [1.807, 2.05) is 18.4 Å². The fourth-order valence-electron chi connectivity index (χ4n) is 2.55. The van der Waals surface area contributed by atoms with E-state index in [9.17, 15) is 0 Å². The zero-order chi connectivity index (χ0) is 13.1. The van der Waals surface area contributed by atoms with Gasteiger partial charge < -0.3 is 0 Å². The van der Waals surface area contributed by atoms with Crippen LogP contribution in [0.4, 0.5) is 0 Å². The minimum atomic E-state index is 1.02. The molecule has 1 aromatic carbocycles. The van der Waals surface area contributed by atoms with Crippen molar-refractivity contribution in [3.8, 4) is 0 Å². The molecule has 0 saturated heterocycles. The predicted octanol–water partition coefficient (Wildman–Crippen LogP) is 4.70. The lowest BCUT2D eigenvalue weighted by atomic mass is 9.87. The van der Waals surface area contributed by atoms with E-state index in [2.05, 4.69) is 54.4 Å². The van der Waals surface area contributed by atoms with Crippen LogP contribution >= 0.6 is 0 Å². The van der Waals surface area contributed by atoms with Crippen LogP contribution in [0.1, 0.15) is 25.3 Å². The summed E-state index contributed by atoms with van der Waals surface area (Å²) in [6.45, 7) is 2.16. The normalized spacial score (nSPS) is 18.4. The molecule has 19 heavy (non-hydrogen) atoms. The molecule has 1 aromatic rings. The van der Waals surface area contributed by atoms with Crippen molar-refractivity contribution in [2.75, 3.05) is 0 Å². The van der Waals surface area contributed by atoms with Crippen LogP contribution in [-0.4, -0.2) is 5.71 Å². The molecule has 1 heteroatoms. The summed E-state index contributed by atoms with van der Waals surface area (Å²) in [5.74, 6) is 0. The van der Waals surface area contributed by atoms with Crippen molar-refractivity contribution >= 4 is 11.3 Å². The molecule has 0 amide bonds. The summed E-state index contributed by atoms with van der Waals surface area (Å²) in [7, 11) is 0. The number of allylic oxidation sites excluding steroid dienone is 7. The Morgan fingerprint density at radius 2 is 1.84 bits per heavy atom. The largest absolute Gasteiger partial charge is 0.261 e. The molecule has 1 heterocycles. The molecule has 0 radical (unpaired) electrons. The molecular weight excluding hydrogens is 230 g/mol. The Balaban J connectivity index is 2.06. The van der Waals surface area contributed by atoms with Crippen LogP contribution in [0.3, 0.4) is 0 Å². The Bertz CT molecular complexity index is 625. The first-order valence-electron chi connectivity index (χ1n) is 6.72. The summed E-state index contributed by atoms with van der Waals surface area (Å²) in [5.41, 5.74) is 6.51. The lowest BCUT2D eigenvalue weighted by Gasteiger charge is -2.19. The highest BCUT2D eigenvalue weighted by Gasteiger charge is 2.16. The van der Waals surface area contributed by atoms with Crippen molar-refractivity contribution in [1.29, 1.82) is 0 Å². The van der Waals surface area contributed by atoms with Gasteiger partial charge in [0.05, 0.1) is 0 Å². The monoisotopic (exact) mass is 247 g/mol. The summed E-state index contributed by atoms with van der Waals surface area (Å²) in [4.78, 5) is 4.57. The van der Waals surface area contributed by atoms with Crippen molar-refractivity contribution in [2.24, 2.45) is 4.99 Å². The van der Waals surface area contributed by atoms with Crippen LogP contribution < -0.4 is 0 Å². The summed E-state index contributed by atoms with van der Waals surface area (Å²) < 4.78 is 0. The fraction of sp³-hybridized carbons (Fsp3) is 0.167. The van der Waals surface area contributed by atoms with Gasteiger partial charge in [-0.2, -0.15) is 0 Å². The highest BCUT2D eigenvalue weighted by atomic mass is 14.7. The van der Waals surface area contributed by atoms with E-state index in [0.717, 1.165) is 12.8 Å². The standard InChI is InChI=1S/C18H17N/c1-14-7-5-6-12-19-18-11-10-16(13-17(14)18)15-8-3-2-4-9-15/h2-9,12-13H,10-11H2,1H3. The molecule has 2 aliphatic rings. The van der Waals surface area contributed by atoms with E-state index in [1.165, 1.54) is 28.0 Å². The van der Waals surface area contributed by atoms with Gasteiger partial charge in [0.25, 0.3) is 0 Å². The molecule has 0 saturated carbocycles. The zero-order valence-corrected chi connectivity index (χ0v) is 11.1. The van der Waals surface area contributed by atoms with Gasteiger partial charge in [0.15, 0.2) is 0 Å². The predicted molar refractivity (Wildman–Crippen MR) is 82.1 cm³/mol. The van der Waals surface area contributed by atoms with E-state index in [4.69, 9.17) is 0 Å². The van der Waals surface area contributed by atoms with E-state index in [-0.39, 0.29) is 0 Å². The van der Waals surface area contributed by atoms with Gasteiger partial charge in [0.1, 0.15) is 0 Å². The smallest absolute Gasteiger partial charge is 0.0481 e. The average Bonchev–Trinajstić information content (AvgIpc) is 2.45. The second-order valence-corrected chi connectivity index (χ2v) is 4.91. The Hall–Kier alpha value is -2.15. The molecule has 0 bridgehead atoms. The van der Waals surface area contributed by atoms with Crippen molar-refractivity contribution in [3.05, 3.63) is 77.5 Å². The van der Waals surface area contributed by atoms with Gasteiger partial charge in [0.2, 0.25) is 0 Å². The van der Waals surface area contributed by atoms with Gasteiger partial charge in [-0.3, -0.25) is 4.99 Å². The van der Waals surface area contributed by atoms with Crippen LogP contribution in [0.2, 0.25) is 0 Å². The van der Waals surface area contributed by atoms with E-state index >= 15 is 0 Å². The van der Waals surface area contributed by atoms with E-state index in [0.29, 0.717) is 0 Å². The Labute approximate surface area is 114 Å². The topological polar surface area (TPSA) is 12.4 Å². The van der Waals surface area contributed by atoms with Gasteiger partial charge in [-0.15, -0.1) is 0 Å². The highest BCUT2D eigenvalue weighted by molar-refractivity contribution is 6.08. The third-order valence-corrected chi connectivity index (χ3v) is 3.60. The van der Waals surface area contributed by atoms with Crippen molar-refractivity contribution in [2.45, 2.75) is 19.8 Å². The highest BCUT2D eigenvalue weighted by Crippen LogP contribution is 2.30. The van der Waals surface area contributed by atoms with Crippen molar-refractivity contribution in [3.63, 3.8) is 0 Å². The number of fused-ring (bicyclic) bond motifs is 1. The minimum absolute atomic E-state index is 1.02. The summed E-state index contributed by atoms with van der Waals surface area (Å²) in [5, 5.41) is 0. The molecule has 1 aliphatic carbocycles. The van der Waals surface area contributed by atoms with Crippen LogP contribution in [0, 0.1) is 0 Å². The van der Waals surface area contributed by atoms with Gasteiger partial charge in [0, 0.05) is 11.9 Å². The molecule has 0 atom stereocenters. The number of nitrogens with zero attached hydrogens (tertiary/aromatic N) is 1. The van der Waals surface area contributed by atoms with Gasteiger partial charge in [-0.1, -0.05) is 42.5 Å². The first-order valence-corrected chi connectivity index (χ1v) is 6.72. The molecule has 1 nitrogen and oxygen atoms in total. The number of rotatable bonds is 1. The summed E-state index contributed by atoms with van der Waals surface area (Å²) in [6, 6.07) is 10.6. The Morgan fingerprint density at radius 1 is 1.00 bits per heavy atom. The number of hydrogen-bond acceptors (Lipinski definition) is 1. The van der Waals surface area contributed by atoms with E-state index < -0.39 is 0 Å². The lowest BCUT2D eigenvalue weighted by Crippen LogP contribution is -2.09. The molecule has 0 unspecified atom stereocenters. The van der Waals surface area contributed by atoms with Crippen molar-refractivity contribution < 1.29 is 0 Å². The molecule has 0 spiro atoms. The molecular formula is C18H17N. The van der Waals surface area contributed by atoms with Crippen LogP contribution in [-0.2, 0) is 0 Å². The molecule has 94 valence electrons.